The van der Waals surface area contributed by atoms with Crippen LogP contribution in [0.3, 0.4) is 0 Å². The second-order valence-electron chi connectivity index (χ2n) is 4.26. The van der Waals surface area contributed by atoms with Crippen molar-refractivity contribution in [1.29, 1.82) is 0 Å². The molecule has 3 N–H and O–H groups in total. The van der Waals surface area contributed by atoms with Crippen LogP contribution in [0.25, 0.3) is 10.6 Å². The number of thiazole rings is 1. The minimum Gasteiger partial charge on any atom is -0.382 e. The van der Waals surface area contributed by atoms with Gasteiger partial charge in [-0.25, -0.2) is 4.98 Å². The van der Waals surface area contributed by atoms with Gasteiger partial charge in [0, 0.05) is 31.8 Å². The van der Waals surface area contributed by atoms with E-state index in [4.69, 9.17) is 15.2 Å². The number of nitrogen functional groups attached to an aromatic ring is 1. The fourth-order valence-electron chi connectivity index (χ4n) is 1.70. The summed E-state index contributed by atoms with van der Waals surface area (Å²) < 4.78 is 14.6. The standard InChI is InChI=1S/C12H18N4O2S2/c1-7-6-19-12(15-7)9-10(13)16-20-11(9)14-4-8(18-3)5-17-2/h6,8,14H,4-5H2,1-3H3,(H2,13,16). The Morgan fingerprint density at radius 1 is 1.45 bits per heavy atom. The monoisotopic (exact) mass is 314 g/mol. The summed E-state index contributed by atoms with van der Waals surface area (Å²) in [5.41, 5.74) is 7.81. The molecule has 6 nitrogen and oxygen atoms in total. The summed E-state index contributed by atoms with van der Waals surface area (Å²) in [6, 6.07) is 0. The van der Waals surface area contributed by atoms with E-state index in [0.717, 1.165) is 21.3 Å². The molecule has 0 saturated heterocycles. The molecular formula is C12H18N4O2S2. The normalized spacial score (nSPS) is 12.6. The highest BCUT2D eigenvalue weighted by Crippen LogP contribution is 2.38. The number of ether oxygens (including phenoxy) is 2. The Hall–Kier alpha value is -1.22. The maximum absolute atomic E-state index is 5.95. The first kappa shape index (κ1) is 15.2. The van der Waals surface area contributed by atoms with Gasteiger partial charge in [0.05, 0.1) is 18.3 Å². The Bertz CT molecular complexity index is 555. The van der Waals surface area contributed by atoms with Crippen LogP contribution < -0.4 is 11.1 Å². The van der Waals surface area contributed by atoms with Crippen molar-refractivity contribution >= 4 is 33.7 Å². The molecule has 0 aliphatic rings. The van der Waals surface area contributed by atoms with Crippen molar-refractivity contribution in [2.45, 2.75) is 13.0 Å². The number of rotatable bonds is 7. The molecule has 2 aromatic rings. The smallest absolute Gasteiger partial charge is 0.149 e. The van der Waals surface area contributed by atoms with E-state index in [0.29, 0.717) is 19.0 Å². The topological polar surface area (TPSA) is 82.3 Å². The van der Waals surface area contributed by atoms with E-state index in [1.807, 2.05) is 12.3 Å². The lowest BCUT2D eigenvalue weighted by Gasteiger charge is -2.15. The Kier molecular flexibility index (Phi) is 5.30. The number of anilines is 2. The molecule has 8 heteroatoms. The molecule has 0 spiro atoms. The van der Waals surface area contributed by atoms with Gasteiger partial charge in [0.1, 0.15) is 15.8 Å². The Labute approximate surface area is 126 Å². The van der Waals surface area contributed by atoms with Crippen molar-refractivity contribution in [1.82, 2.24) is 9.36 Å². The Morgan fingerprint density at radius 3 is 2.85 bits per heavy atom. The van der Waals surface area contributed by atoms with Crippen LogP contribution >= 0.6 is 22.9 Å². The predicted molar refractivity (Wildman–Crippen MR) is 83.5 cm³/mol. The fourth-order valence-corrected chi connectivity index (χ4v) is 3.34. The van der Waals surface area contributed by atoms with E-state index < -0.39 is 0 Å². The third-order valence-corrected chi connectivity index (χ3v) is 4.52. The zero-order valence-corrected chi connectivity index (χ0v) is 13.3. The summed E-state index contributed by atoms with van der Waals surface area (Å²) in [5.74, 6) is 0.507. The van der Waals surface area contributed by atoms with Crippen LogP contribution in [0.4, 0.5) is 10.8 Å². The van der Waals surface area contributed by atoms with Gasteiger partial charge in [-0.05, 0) is 18.5 Å². The molecule has 110 valence electrons. The first-order valence-electron chi connectivity index (χ1n) is 6.09. The van der Waals surface area contributed by atoms with Crippen LogP contribution in [0.15, 0.2) is 5.38 Å². The van der Waals surface area contributed by atoms with Crippen molar-refractivity contribution in [2.75, 3.05) is 38.4 Å². The van der Waals surface area contributed by atoms with E-state index in [-0.39, 0.29) is 6.10 Å². The van der Waals surface area contributed by atoms with Gasteiger partial charge in [0.2, 0.25) is 0 Å². The highest BCUT2D eigenvalue weighted by Gasteiger charge is 2.17. The molecule has 20 heavy (non-hydrogen) atoms. The van der Waals surface area contributed by atoms with Crippen molar-refractivity contribution in [3.8, 4) is 10.6 Å². The molecule has 0 bridgehead atoms. The number of aryl methyl sites for hydroxylation is 1. The maximum Gasteiger partial charge on any atom is 0.149 e. The van der Waals surface area contributed by atoms with E-state index in [9.17, 15) is 0 Å². The van der Waals surface area contributed by atoms with Gasteiger partial charge in [-0.15, -0.1) is 11.3 Å². The molecule has 0 saturated carbocycles. The molecule has 1 atom stereocenters. The van der Waals surface area contributed by atoms with Crippen LogP contribution in [-0.4, -0.2) is 42.8 Å². The van der Waals surface area contributed by atoms with E-state index in [2.05, 4.69) is 14.7 Å². The summed E-state index contributed by atoms with van der Waals surface area (Å²) in [5, 5.41) is 7.11. The Balaban J connectivity index is 2.13. The number of nitrogens with two attached hydrogens (primary N) is 1. The number of hydrogen-bond acceptors (Lipinski definition) is 8. The largest absolute Gasteiger partial charge is 0.382 e. The van der Waals surface area contributed by atoms with Crippen LogP contribution in [0.2, 0.25) is 0 Å². The average Bonchev–Trinajstić information content (AvgIpc) is 3.00. The molecule has 0 radical (unpaired) electrons. The molecule has 2 heterocycles. The van der Waals surface area contributed by atoms with E-state index in [1.54, 1.807) is 25.6 Å². The average molecular weight is 314 g/mol. The Morgan fingerprint density at radius 2 is 2.25 bits per heavy atom. The minimum absolute atomic E-state index is 0.0193. The van der Waals surface area contributed by atoms with Gasteiger partial charge < -0.3 is 20.5 Å². The zero-order valence-electron chi connectivity index (χ0n) is 11.7. The molecule has 1 unspecified atom stereocenters. The molecule has 0 aliphatic heterocycles. The van der Waals surface area contributed by atoms with E-state index >= 15 is 0 Å². The number of methoxy groups -OCH3 is 2. The maximum atomic E-state index is 5.95. The summed E-state index contributed by atoms with van der Waals surface area (Å²) >= 11 is 2.90. The van der Waals surface area contributed by atoms with Crippen LogP contribution in [0.5, 0.6) is 0 Å². The number of nitrogens with zero attached hydrogens (tertiary/aromatic N) is 2. The summed E-state index contributed by atoms with van der Waals surface area (Å²) in [6.45, 7) is 3.12. The molecule has 0 fully saturated rings. The van der Waals surface area contributed by atoms with Gasteiger partial charge in [0.25, 0.3) is 0 Å². The summed E-state index contributed by atoms with van der Waals surface area (Å²) in [4.78, 5) is 4.47. The molecule has 0 aliphatic carbocycles. The molecular weight excluding hydrogens is 296 g/mol. The third-order valence-electron chi connectivity index (χ3n) is 2.73. The predicted octanol–water partition coefficient (Wildman–Crippen LogP) is 2.23. The van der Waals surface area contributed by atoms with Crippen molar-refractivity contribution < 1.29 is 9.47 Å². The van der Waals surface area contributed by atoms with Crippen molar-refractivity contribution in [3.05, 3.63) is 11.1 Å². The lowest BCUT2D eigenvalue weighted by molar-refractivity contribution is 0.0366. The lowest BCUT2D eigenvalue weighted by Crippen LogP contribution is -2.26. The molecule has 2 aromatic heterocycles. The second kappa shape index (κ2) is 6.98. The van der Waals surface area contributed by atoms with Crippen LogP contribution in [0, 0.1) is 6.92 Å². The van der Waals surface area contributed by atoms with Gasteiger partial charge in [-0.2, -0.15) is 4.37 Å². The fraction of sp³-hybridized carbons (Fsp3) is 0.500. The summed E-state index contributed by atoms with van der Waals surface area (Å²) in [7, 11) is 3.32. The second-order valence-corrected chi connectivity index (χ2v) is 5.89. The SMILES string of the molecule is COCC(CNc1snc(N)c1-c1nc(C)cs1)OC. The van der Waals surface area contributed by atoms with Crippen molar-refractivity contribution in [3.63, 3.8) is 0 Å². The first-order chi connectivity index (χ1) is 9.65. The molecule has 2 rings (SSSR count). The zero-order chi connectivity index (χ0) is 14.5. The molecule has 0 aromatic carbocycles. The first-order valence-corrected chi connectivity index (χ1v) is 7.74. The van der Waals surface area contributed by atoms with Gasteiger partial charge in [-0.1, -0.05) is 0 Å². The van der Waals surface area contributed by atoms with Crippen molar-refractivity contribution in [2.24, 2.45) is 0 Å². The number of hydrogen-bond donors (Lipinski definition) is 2. The summed E-state index contributed by atoms with van der Waals surface area (Å²) in [6.07, 6.45) is -0.0193. The minimum atomic E-state index is -0.0193. The molecule has 0 amide bonds. The highest BCUT2D eigenvalue weighted by atomic mass is 32.1. The highest BCUT2D eigenvalue weighted by molar-refractivity contribution is 7.15. The van der Waals surface area contributed by atoms with Gasteiger partial charge in [-0.3, -0.25) is 0 Å². The van der Waals surface area contributed by atoms with Gasteiger partial charge in [0.15, 0.2) is 0 Å². The quantitative estimate of drug-likeness (QED) is 0.815. The van der Waals surface area contributed by atoms with Crippen LogP contribution in [0.1, 0.15) is 5.69 Å². The number of aromatic nitrogens is 2. The number of nitrogens with one attached hydrogen (secondary N) is 1. The third kappa shape index (κ3) is 3.45. The van der Waals surface area contributed by atoms with Crippen LogP contribution in [-0.2, 0) is 9.47 Å². The lowest BCUT2D eigenvalue weighted by atomic mass is 10.3. The van der Waals surface area contributed by atoms with E-state index in [1.165, 1.54) is 11.5 Å². The van der Waals surface area contributed by atoms with Gasteiger partial charge >= 0.3 is 0 Å².